The van der Waals surface area contributed by atoms with Crippen molar-refractivity contribution in [1.82, 2.24) is 0 Å². The first kappa shape index (κ1) is 11.4. The van der Waals surface area contributed by atoms with E-state index in [1.54, 1.807) is 19.3 Å². The van der Waals surface area contributed by atoms with Crippen molar-refractivity contribution in [3.63, 3.8) is 0 Å². The minimum atomic E-state index is -0.181. The molecular weight excluding hydrogens is 271 g/mol. The molecule has 0 amide bonds. The van der Waals surface area contributed by atoms with Gasteiger partial charge in [-0.25, -0.2) is 4.39 Å². The smallest absolute Gasteiger partial charge is 0.126 e. The van der Waals surface area contributed by atoms with E-state index in [0.717, 1.165) is 16.9 Å². The zero-order valence-electron chi connectivity index (χ0n) is 9.13. The summed E-state index contributed by atoms with van der Waals surface area (Å²) in [5.41, 5.74) is 2.73. The van der Waals surface area contributed by atoms with Gasteiger partial charge in [-0.2, -0.15) is 0 Å². The number of halogens is 2. The van der Waals surface area contributed by atoms with Gasteiger partial charge in [-0.05, 0) is 42.7 Å². The highest BCUT2D eigenvalue weighted by Gasteiger charge is 2.16. The van der Waals surface area contributed by atoms with E-state index in [9.17, 15) is 4.39 Å². The van der Waals surface area contributed by atoms with Crippen LogP contribution in [0.2, 0.25) is 0 Å². The third kappa shape index (κ3) is 2.05. The zero-order valence-corrected chi connectivity index (χ0v) is 10.7. The average Bonchev–Trinajstić information content (AvgIpc) is 2.67. The lowest BCUT2D eigenvalue weighted by molar-refractivity contribution is 0.516. The minimum absolute atomic E-state index is 0.0261. The minimum Gasteiger partial charge on any atom is -0.468 e. The van der Waals surface area contributed by atoms with Gasteiger partial charge >= 0.3 is 0 Å². The number of alkyl halides is 1. The Labute approximate surface area is 102 Å². The molecule has 1 heterocycles. The summed E-state index contributed by atoms with van der Waals surface area (Å²) in [6.07, 6.45) is 1.66. The lowest BCUT2D eigenvalue weighted by atomic mass is 10.1. The summed E-state index contributed by atoms with van der Waals surface area (Å²) in [5.74, 6) is 0.686. The molecule has 1 nitrogen and oxygen atoms in total. The van der Waals surface area contributed by atoms with Crippen LogP contribution < -0.4 is 0 Å². The average molecular weight is 283 g/mol. The second-order valence-corrected chi connectivity index (χ2v) is 4.75. The number of hydrogen-bond acceptors (Lipinski definition) is 1. The maximum Gasteiger partial charge on any atom is 0.126 e. The molecule has 0 fully saturated rings. The molecule has 0 aliphatic heterocycles. The van der Waals surface area contributed by atoms with Crippen LogP contribution in [0.15, 0.2) is 34.9 Å². The molecule has 0 spiro atoms. The first-order chi connectivity index (χ1) is 7.59. The van der Waals surface area contributed by atoms with Crippen molar-refractivity contribution in [3.8, 4) is 0 Å². The van der Waals surface area contributed by atoms with Crippen LogP contribution in [0.4, 0.5) is 4.39 Å². The van der Waals surface area contributed by atoms with Crippen molar-refractivity contribution < 1.29 is 8.81 Å². The van der Waals surface area contributed by atoms with Gasteiger partial charge in [0.05, 0.1) is 11.1 Å². The fourth-order valence-electron chi connectivity index (χ4n) is 1.62. The molecule has 2 rings (SSSR count). The van der Waals surface area contributed by atoms with E-state index in [4.69, 9.17) is 4.42 Å². The summed E-state index contributed by atoms with van der Waals surface area (Å²) < 4.78 is 18.6. The molecule has 0 aliphatic carbocycles. The Morgan fingerprint density at radius 1 is 1.19 bits per heavy atom. The second-order valence-electron chi connectivity index (χ2n) is 3.84. The van der Waals surface area contributed by atoms with Crippen LogP contribution in [0.1, 0.15) is 27.3 Å². The van der Waals surface area contributed by atoms with Crippen molar-refractivity contribution in [3.05, 3.63) is 58.8 Å². The van der Waals surface area contributed by atoms with E-state index < -0.39 is 0 Å². The Hall–Kier alpha value is -1.09. The molecule has 0 saturated carbocycles. The molecule has 1 atom stereocenters. The molecule has 1 aromatic heterocycles. The Balaban J connectivity index is 2.38. The van der Waals surface area contributed by atoms with E-state index in [2.05, 4.69) is 15.9 Å². The maximum absolute atomic E-state index is 13.1. The van der Waals surface area contributed by atoms with Crippen LogP contribution in [-0.2, 0) is 0 Å². The molecule has 1 aromatic carbocycles. The summed E-state index contributed by atoms with van der Waals surface area (Å²) in [6.45, 7) is 3.75. The highest BCUT2D eigenvalue weighted by atomic mass is 79.9. The highest BCUT2D eigenvalue weighted by molar-refractivity contribution is 9.09. The molecular formula is C13H12BrFO. The molecule has 84 valence electrons. The fraction of sp³-hybridized carbons (Fsp3) is 0.231. The van der Waals surface area contributed by atoms with E-state index in [-0.39, 0.29) is 10.6 Å². The summed E-state index contributed by atoms with van der Waals surface area (Å²) in [5, 5.41) is 0. The van der Waals surface area contributed by atoms with Crippen molar-refractivity contribution in [1.29, 1.82) is 0 Å². The van der Waals surface area contributed by atoms with E-state index in [1.165, 1.54) is 6.07 Å². The third-order valence-electron chi connectivity index (χ3n) is 2.61. The maximum atomic E-state index is 13.1. The fourth-order valence-corrected chi connectivity index (χ4v) is 2.37. The first-order valence-corrected chi connectivity index (χ1v) is 5.95. The molecule has 0 aliphatic rings. The lowest BCUT2D eigenvalue weighted by Crippen LogP contribution is -1.94. The van der Waals surface area contributed by atoms with Gasteiger partial charge in [0.25, 0.3) is 0 Å². The normalized spacial score (nSPS) is 12.8. The Morgan fingerprint density at radius 2 is 1.94 bits per heavy atom. The van der Waals surface area contributed by atoms with Crippen molar-refractivity contribution in [2.75, 3.05) is 0 Å². The summed E-state index contributed by atoms with van der Waals surface area (Å²) in [7, 11) is 0. The number of furan rings is 1. The van der Waals surface area contributed by atoms with E-state index in [1.807, 2.05) is 19.1 Å². The second kappa shape index (κ2) is 4.42. The third-order valence-corrected chi connectivity index (χ3v) is 3.55. The SMILES string of the molecule is Cc1cc(C(Br)c2occc2C)ccc1F. The summed E-state index contributed by atoms with van der Waals surface area (Å²) in [6, 6.07) is 7.00. The van der Waals surface area contributed by atoms with Gasteiger partial charge in [0.15, 0.2) is 0 Å². The molecule has 1 unspecified atom stereocenters. The Morgan fingerprint density at radius 3 is 2.50 bits per heavy atom. The van der Waals surface area contributed by atoms with Gasteiger partial charge < -0.3 is 4.42 Å². The van der Waals surface area contributed by atoms with Crippen LogP contribution in [-0.4, -0.2) is 0 Å². The summed E-state index contributed by atoms with van der Waals surface area (Å²) >= 11 is 3.57. The van der Waals surface area contributed by atoms with Crippen molar-refractivity contribution in [2.45, 2.75) is 18.7 Å². The Kier molecular flexibility index (Phi) is 3.15. The van der Waals surface area contributed by atoms with E-state index in [0.29, 0.717) is 5.56 Å². The topological polar surface area (TPSA) is 13.1 Å². The monoisotopic (exact) mass is 282 g/mol. The van der Waals surface area contributed by atoms with Gasteiger partial charge in [-0.15, -0.1) is 0 Å². The van der Waals surface area contributed by atoms with Crippen LogP contribution >= 0.6 is 15.9 Å². The van der Waals surface area contributed by atoms with Gasteiger partial charge in [-0.3, -0.25) is 0 Å². The molecule has 0 saturated heterocycles. The molecule has 0 radical (unpaired) electrons. The van der Waals surface area contributed by atoms with Gasteiger partial charge in [0.2, 0.25) is 0 Å². The number of rotatable bonds is 2. The molecule has 0 N–H and O–H groups in total. The number of aryl methyl sites for hydroxylation is 2. The Bertz CT molecular complexity index is 504. The lowest BCUT2D eigenvalue weighted by Gasteiger charge is -2.09. The van der Waals surface area contributed by atoms with Crippen LogP contribution in [0.5, 0.6) is 0 Å². The van der Waals surface area contributed by atoms with Crippen LogP contribution in [0.3, 0.4) is 0 Å². The number of benzene rings is 1. The predicted molar refractivity (Wildman–Crippen MR) is 65.4 cm³/mol. The number of hydrogen-bond donors (Lipinski definition) is 0. The molecule has 3 heteroatoms. The van der Waals surface area contributed by atoms with Crippen LogP contribution in [0, 0.1) is 19.7 Å². The molecule has 2 aromatic rings. The van der Waals surface area contributed by atoms with Gasteiger partial charge in [0.1, 0.15) is 11.6 Å². The predicted octanol–water partition coefficient (Wildman–Crippen LogP) is 4.52. The molecule has 0 bridgehead atoms. The largest absolute Gasteiger partial charge is 0.468 e. The quantitative estimate of drug-likeness (QED) is 0.738. The van der Waals surface area contributed by atoms with Crippen molar-refractivity contribution >= 4 is 15.9 Å². The van der Waals surface area contributed by atoms with Crippen molar-refractivity contribution in [2.24, 2.45) is 0 Å². The van der Waals surface area contributed by atoms with E-state index >= 15 is 0 Å². The zero-order chi connectivity index (χ0) is 11.7. The standard InChI is InChI=1S/C13H12BrFO/c1-8-5-6-16-13(8)12(14)10-3-4-11(15)9(2)7-10/h3-7,12H,1-2H3. The van der Waals surface area contributed by atoms with Gasteiger partial charge in [-0.1, -0.05) is 28.1 Å². The van der Waals surface area contributed by atoms with Crippen LogP contribution in [0.25, 0.3) is 0 Å². The van der Waals surface area contributed by atoms with Gasteiger partial charge in [0, 0.05) is 0 Å². The summed E-state index contributed by atoms with van der Waals surface area (Å²) in [4.78, 5) is -0.0261. The molecule has 16 heavy (non-hydrogen) atoms. The highest BCUT2D eigenvalue weighted by Crippen LogP contribution is 2.33. The first-order valence-electron chi connectivity index (χ1n) is 5.03.